The number of amides is 1. The fourth-order valence-electron chi connectivity index (χ4n) is 4.59. The van der Waals surface area contributed by atoms with Gasteiger partial charge in [-0.05, 0) is 58.7 Å². The molecule has 1 unspecified atom stereocenters. The van der Waals surface area contributed by atoms with Gasteiger partial charge in [0.2, 0.25) is 0 Å². The van der Waals surface area contributed by atoms with Crippen LogP contribution in [0, 0.1) is 12.7 Å². The molecule has 0 bridgehead atoms. The Morgan fingerprint density at radius 1 is 0.971 bits per heavy atom. The molecule has 1 N–H and O–H groups in total. The summed E-state index contributed by atoms with van der Waals surface area (Å²) >= 11 is 3.46. The molecule has 4 aromatic rings. The lowest BCUT2D eigenvalue weighted by Crippen LogP contribution is -2.29. The molecular weight excluding hydrogens is 509 g/mol. The molecular formula is C29H21BrFNO3. The topological polar surface area (TPSA) is 57.6 Å². The van der Waals surface area contributed by atoms with Crippen LogP contribution in [0.2, 0.25) is 0 Å². The smallest absolute Gasteiger partial charge is 0.295 e. The average Bonchev–Trinajstić information content (AvgIpc) is 3.11. The van der Waals surface area contributed by atoms with Crippen LogP contribution in [0.1, 0.15) is 28.3 Å². The van der Waals surface area contributed by atoms with Crippen LogP contribution < -0.4 is 0 Å². The Balaban J connectivity index is 1.73. The highest BCUT2D eigenvalue weighted by atomic mass is 79.9. The number of halogens is 2. The van der Waals surface area contributed by atoms with Gasteiger partial charge in [0.25, 0.3) is 11.7 Å². The first-order chi connectivity index (χ1) is 16.8. The van der Waals surface area contributed by atoms with E-state index in [-0.39, 0.29) is 23.7 Å². The zero-order chi connectivity index (χ0) is 24.7. The molecule has 0 saturated carbocycles. The highest BCUT2D eigenvalue weighted by Crippen LogP contribution is 2.42. The summed E-state index contributed by atoms with van der Waals surface area (Å²) in [6, 6.07) is 23.7. The van der Waals surface area contributed by atoms with Crippen molar-refractivity contribution >= 4 is 44.2 Å². The minimum Gasteiger partial charge on any atom is -0.507 e. The fourth-order valence-corrected chi connectivity index (χ4v) is 4.84. The van der Waals surface area contributed by atoms with Gasteiger partial charge in [0.1, 0.15) is 11.6 Å². The van der Waals surface area contributed by atoms with Crippen molar-refractivity contribution in [1.29, 1.82) is 0 Å². The Kier molecular flexibility index (Phi) is 5.99. The summed E-state index contributed by atoms with van der Waals surface area (Å²) in [6.45, 7) is 1.98. The molecule has 4 nitrogen and oxygen atoms in total. The number of aryl methyl sites for hydroxylation is 1. The van der Waals surface area contributed by atoms with E-state index in [0.717, 1.165) is 26.4 Å². The van der Waals surface area contributed by atoms with Gasteiger partial charge in [-0.2, -0.15) is 0 Å². The first kappa shape index (κ1) is 23.0. The number of likely N-dealkylation sites (tertiary alicyclic amines) is 1. The minimum absolute atomic E-state index is 0.0372. The summed E-state index contributed by atoms with van der Waals surface area (Å²) < 4.78 is 14.4. The van der Waals surface area contributed by atoms with Gasteiger partial charge >= 0.3 is 0 Å². The van der Waals surface area contributed by atoms with Gasteiger partial charge in [-0.1, -0.05) is 76.6 Å². The molecule has 35 heavy (non-hydrogen) atoms. The number of benzene rings is 4. The third kappa shape index (κ3) is 4.15. The quantitative estimate of drug-likeness (QED) is 0.182. The molecule has 1 saturated heterocycles. The third-order valence-electron chi connectivity index (χ3n) is 6.36. The number of hydrogen-bond acceptors (Lipinski definition) is 3. The highest BCUT2D eigenvalue weighted by Gasteiger charge is 2.46. The number of rotatable bonds is 4. The van der Waals surface area contributed by atoms with Crippen LogP contribution in [0.25, 0.3) is 16.5 Å². The maximum absolute atomic E-state index is 13.5. The summed E-state index contributed by atoms with van der Waals surface area (Å²) in [5.41, 5.74) is 2.79. The van der Waals surface area contributed by atoms with Gasteiger partial charge in [-0.25, -0.2) is 4.39 Å². The predicted molar refractivity (Wildman–Crippen MR) is 137 cm³/mol. The summed E-state index contributed by atoms with van der Waals surface area (Å²) in [7, 11) is 0. The van der Waals surface area contributed by atoms with E-state index in [4.69, 9.17) is 0 Å². The van der Waals surface area contributed by atoms with E-state index in [2.05, 4.69) is 15.9 Å². The van der Waals surface area contributed by atoms with E-state index in [0.29, 0.717) is 11.1 Å². The number of carbonyl (C=O) groups excluding carboxylic acids is 2. The number of Topliss-reactive ketones (excluding diaryl/α,β-unsaturated/α-hetero) is 1. The Morgan fingerprint density at radius 3 is 2.43 bits per heavy atom. The van der Waals surface area contributed by atoms with Gasteiger partial charge in [0.05, 0.1) is 11.6 Å². The van der Waals surface area contributed by atoms with Crippen molar-refractivity contribution in [1.82, 2.24) is 4.90 Å². The standard InChI is InChI=1S/C29H21BrFNO3/c1-17-15-20(11-14-24(17)30)27(33)25-26(23-8-4-6-19-5-2-3-7-22(19)23)32(29(35)28(25)34)16-18-9-12-21(31)13-10-18/h2-15,26,33H,16H2,1H3/b27-25-. The lowest BCUT2D eigenvalue weighted by Gasteiger charge is -2.26. The molecule has 1 aliphatic rings. The monoisotopic (exact) mass is 529 g/mol. The van der Waals surface area contributed by atoms with Gasteiger partial charge in [-0.3, -0.25) is 9.59 Å². The van der Waals surface area contributed by atoms with Gasteiger partial charge in [-0.15, -0.1) is 0 Å². The van der Waals surface area contributed by atoms with E-state index < -0.39 is 17.7 Å². The molecule has 1 amide bonds. The minimum atomic E-state index is -0.810. The summed E-state index contributed by atoms with van der Waals surface area (Å²) in [4.78, 5) is 28.1. The van der Waals surface area contributed by atoms with Gasteiger partial charge < -0.3 is 10.0 Å². The largest absolute Gasteiger partial charge is 0.507 e. The van der Waals surface area contributed by atoms with Crippen LogP contribution in [-0.2, 0) is 16.1 Å². The lowest BCUT2D eigenvalue weighted by molar-refractivity contribution is -0.140. The summed E-state index contributed by atoms with van der Waals surface area (Å²) in [5.74, 6) is -2.06. The predicted octanol–water partition coefficient (Wildman–Crippen LogP) is 6.67. The van der Waals surface area contributed by atoms with Crippen molar-refractivity contribution in [2.24, 2.45) is 0 Å². The lowest BCUT2D eigenvalue weighted by atomic mass is 9.91. The maximum atomic E-state index is 13.5. The second kappa shape index (κ2) is 9.12. The molecule has 174 valence electrons. The van der Waals surface area contributed by atoms with Gasteiger partial charge in [0.15, 0.2) is 0 Å². The first-order valence-corrected chi connectivity index (χ1v) is 11.9. The number of nitrogens with zero attached hydrogens (tertiary/aromatic N) is 1. The van der Waals surface area contributed by atoms with E-state index in [1.54, 1.807) is 30.3 Å². The molecule has 6 heteroatoms. The van der Waals surface area contributed by atoms with Crippen LogP contribution in [0.15, 0.2) is 95.0 Å². The van der Waals surface area contributed by atoms with Crippen LogP contribution in [0.3, 0.4) is 0 Å². The Hall–Kier alpha value is -3.77. The van der Waals surface area contributed by atoms with Crippen molar-refractivity contribution in [3.63, 3.8) is 0 Å². The Labute approximate surface area is 210 Å². The van der Waals surface area contributed by atoms with Crippen LogP contribution >= 0.6 is 15.9 Å². The number of aliphatic hydroxyl groups excluding tert-OH is 1. The Bertz CT molecular complexity index is 1510. The van der Waals surface area contributed by atoms with Gasteiger partial charge in [0, 0.05) is 16.6 Å². The molecule has 4 aromatic carbocycles. The zero-order valence-electron chi connectivity index (χ0n) is 18.8. The van der Waals surface area contributed by atoms with E-state index in [1.165, 1.54) is 17.0 Å². The number of aliphatic hydroxyl groups is 1. The SMILES string of the molecule is Cc1cc(/C(O)=C2/C(=O)C(=O)N(Cc3ccc(F)cc3)C2c2cccc3ccccc23)ccc1Br. The Morgan fingerprint density at radius 2 is 1.69 bits per heavy atom. The second-order valence-electron chi connectivity index (χ2n) is 8.59. The molecule has 1 heterocycles. The summed E-state index contributed by atoms with van der Waals surface area (Å²) in [6.07, 6.45) is 0. The molecule has 1 aliphatic heterocycles. The van der Waals surface area contributed by atoms with Crippen LogP contribution in [0.4, 0.5) is 4.39 Å². The molecule has 5 rings (SSSR count). The third-order valence-corrected chi connectivity index (χ3v) is 7.25. The van der Waals surface area contributed by atoms with Crippen molar-refractivity contribution in [3.05, 3.63) is 123 Å². The van der Waals surface area contributed by atoms with Crippen LogP contribution in [0.5, 0.6) is 0 Å². The molecule has 0 aliphatic carbocycles. The van der Waals surface area contributed by atoms with E-state index >= 15 is 0 Å². The number of fused-ring (bicyclic) bond motifs is 1. The second-order valence-corrected chi connectivity index (χ2v) is 9.44. The van der Waals surface area contributed by atoms with Crippen LogP contribution in [-0.4, -0.2) is 21.7 Å². The molecule has 0 spiro atoms. The molecule has 1 atom stereocenters. The average molecular weight is 530 g/mol. The maximum Gasteiger partial charge on any atom is 0.295 e. The van der Waals surface area contributed by atoms with Crippen molar-refractivity contribution in [2.75, 3.05) is 0 Å². The van der Waals surface area contributed by atoms with Crippen molar-refractivity contribution in [3.8, 4) is 0 Å². The molecule has 1 fully saturated rings. The fraction of sp³-hybridized carbons (Fsp3) is 0.103. The van der Waals surface area contributed by atoms with Crippen molar-refractivity contribution < 1.29 is 19.1 Å². The van der Waals surface area contributed by atoms with Crippen molar-refractivity contribution in [2.45, 2.75) is 19.5 Å². The zero-order valence-corrected chi connectivity index (χ0v) is 20.4. The van der Waals surface area contributed by atoms with E-state index in [1.807, 2.05) is 49.4 Å². The first-order valence-electron chi connectivity index (χ1n) is 11.1. The normalized spacial score (nSPS) is 17.3. The molecule has 0 aromatic heterocycles. The number of carbonyl (C=O) groups is 2. The van der Waals surface area contributed by atoms with E-state index in [9.17, 15) is 19.1 Å². The summed E-state index contributed by atoms with van der Waals surface area (Å²) in [5, 5.41) is 13.2. The number of hydrogen-bond donors (Lipinski definition) is 1. The molecule has 0 radical (unpaired) electrons. The number of ketones is 1. The highest BCUT2D eigenvalue weighted by molar-refractivity contribution is 9.10.